The van der Waals surface area contributed by atoms with Gasteiger partial charge in [-0.05, 0) is 67.1 Å². The Bertz CT molecular complexity index is 831. The lowest BCUT2D eigenvalue weighted by molar-refractivity contribution is -0.137. The van der Waals surface area contributed by atoms with Crippen molar-refractivity contribution in [2.24, 2.45) is 5.73 Å². The van der Waals surface area contributed by atoms with E-state index < -0.39 is 5.97 Å². The molecule has 1 saturated heterocycles. The fourth-order valence-corrected chi connectivity index (χ4v) is 5.64. The van der Waals surface area contributed by atoms with Gasteiger partial charge in [0, 0.05) is 11.3 Å². The van der Waals surface area contributed by atoms with Gasteiger partial charge in [0.05, 0.1) is 6.61 Å². The van der Waals surface area contributed by atoms with Crippen molar-refractivity contribution in [1.29, 1.82) is 0 Å². The molecule has 0 aliphatic carbocycles. The van der Waals surface area contributed by atoms with E-state index in [4.69, 9.17) is 10.5 Å². The van der Waals surface area contributed by atoms with Gasteiger partial charge in [-0.15, -0.1) is 11.8 Å². The van der Waals surface area contributed by atoms with Crippen molar-refractivity contribution in [1.82, 2.24) is 5.09 Å². The number of unbranched alkanes of at least 4 members (excludes halogenated alkanes) is 1. The summed E-state index contributed by atoms with van der Waals surface area (Å²) in [7, 11) is 2.45. The van der Waals surface area contributed by atoms with Gasteiger partial charge in [0.15, 0.2) is 0 Å². The Hall–Kier alpha value is -1.59. The highest BCUT2D eigenvalue weighted by molar-refractivity contribution is 8.02. The molecule has 0 aromatic heterocycles. The third-order valence-electron chi connectivity index (χ3n) is 5.25. The fraction of sp³-hybridized carbons (Fsp3) is 0.409. The summed E-state index contributed by atoms with van der Waals surface area (Å²) in [5, 5.41) is 12.2. The minimum absolute atomic E-state index is 0.0122. The summed E-state index contributed by atoms with van der Waals surface area (Å²) in [6.07, 6.45) is 2.81. The summed E-state index contributed by atoms with van der Waals surface area (Å²) in [6.45, 7) is 3.49. The molecule has 3 rings (SSSR count). The molecule has 1 aliphatic heterocycles. The van der Waals surface area contributed by atoms with Crippen molar-refractivity contribution in [2.75, 3.05) is 13.2 Å². The summed E-state index contributed by atoms with van der Waals surface area (Å²) in [6, 6.07) is 14.8. The van der Waals surface area contributed by atoms with Crippen LogP contribution in [0.4, 0.5) is 0 Å². The van der Waals surface area contributed by atoms with E-state index in [9.17, 15) is 9.90 Å². The van der Waals surface area contributed by atoms with Gasteiger partial charge in [-0.2, -0.15) is 0 Å². The van der Waals surface area contributed by atoms with Crippen LogP contribution >= 0.6 is 21.2 Å². The fourth-order valence-electron chi connectivity index (χ4n) is 3.58. The normalized spacial score (nSPS) is 20.9. The quantitative estimate of drug-likeness (QED) is 0.393. The second kappa shape index (κ2) is 10.4. The molecule has 0 amide bonds. The molecule has 7 heteroatoms. The molecule has 0 spiro atoms. The predicted octanol–water partition coefficient (Wildman–Crippen LogP) is 3.64. The number of nitrogens with two attached hydrogens (primary N) is 1. The Morgan fingerprint density at radius 1 is 1.24 bits per heavy atom. The summed E-state index contributed by atoms with van der Waals surface area (Å²) in [5.74, 6) is 0.148. The van der Waals surface area contributed by atoms with E-state index >= 15 is 0 Å². The van der Waals surface area contributed by atoms with Crippen LogP contribution in [-0.4, -0.2) is 40.8 Å². The van der Waals surface area contributed by atoms with E-state index in [0.717, 1.165) is 25.0 Å². The Morgan fingerprint density at radius 2 is 2.00 bits per heavy atom. The molecule has 1 aliphatic rings. The smallest absolute Gasteiger partial charge is 0.318 e. The summed E-state index contributed by atoms with van der Waals surface area (Å²) >= 11 is 1.53. The van der Waals surface area contributed by atoms with Crippen molar-refractivity contribution >= 4 is 27.1 Å². The number of carboxylic acid groups (broad SMARTS) is 1. The average molecular weight is 433 g/mol. The Morgan fingerprint density at radius 3 is 2.62 bits per heavy atom. The minimum Gasteiger partial charge on any atom is -0.494 e. The van der Waals surface area contributed by atoms with Crippen LogP contribution in [-0.2, 0) is 11.2 Å². The molecule has 4 N–H and O–H groups in total. The van der Waals surface area contributed by atoms with E-state index in [1.54, 1.807) is 0 Å². The monoisotopic (exact) mass is 432 g/mol. The largest absolute Gasteiger partial charge is 0.494 e. The lowest BCUT2D eigenvalue weighted by Gasteiger charge is -2.41. The molecular formula is C22H29N2O3PS. The van der Waals surface area contributed by atoms with Crippen molar-refractivity contribution < 1.29 is 14.6 Å². The first-order chi connectivity index (χ1) is 14.0. The van der Waals surface area contributed by atoms with Crippen LogP contribution in [0.15, 0.2) is 42.5 Å². The molecular weight excluding hydrogens is 403 g/mol. The zero-order valence-electron chi connectivity index (χ0n) is 16.6. The number of nitrogens with one attached hydrogen (secondary N) is 1. The van der Waals surface area contributed by atoms with Crippen molar-refractivity contribution in [3.8, 4) is 16.9 Å². The molecule has 156 valence electrons. The Labute approximate surface area is 179 Å². The number of carbonyl (C=O) groups is 1. The number of rotatable bonds is 10. The van der Waals surface area contributed by atoms with E-state index in [-0.39, 0.29) is 16.5 Å². The third-order valence-corrected chi connectivity index (χ3v) is 7.23. The lowest BCUT2D eigenvalue weighted by Crippen LogP contribution is -2.55. The van der Waals surface area contributed by atoms with Gasteiger partial charge in [0.25, 0.3) is 0 Å². The first-order valence-electron chi connectivity index (χ1n) is 9.90. The first kappa shape index (κ1) is 22.1. The van der Waals surface area contributed by atoms with Crippen molar-refractivity contribution in [2.45, 2.75) is 42.7 Å². The molecule has 1 fully saturated rings. The topological polar surface area (TPSA) is 84.6 Å². The molecule has 29 heavy (non-hydrogen) atoms. The number of aliphatic carboxylic acids is 1. The van der Waals surface area contributed by atoms with E-state index in [2.05, 4.69) is 57.8 Å². The maximum absolute atomic E-state index is 11.2. The second-order valence-corrected chi connectivity index (χ2v) is 9.07. The average Bonchev–Trinajstić information content (AvgIpc) is 2.69. The second-order valence-electron chi connectivity index (χ2n) is 7.35. The van der Waals surface area contributed by atoms with Gasteiger partial charge in [-0.1, -0.05) is 39.7 Å². The standard InChI is InChI=1S/C22H29N2O3PS/c1-14-12-17(27-11-3-2-10-23)8-9-18(14)16-6-4-15(5-7-16)13-19-20(24-28)21(29-19)22(25)26/h4-9,12,19-21,24H,2-3,10-11,13,23,28H2,1H3,(H,25,26). The molecule has 4 unspecified atom stereocenters. The zero-order valence-corrected chi connectivity index (χ0v) is 18.6. The van der Waals surface area contributed by atoms with Crippen LogP contribution in [0, 0.1) is 6.92 Å². The molecule has 2 aromatic rings. The summed E-state index contributed by atoms with van der Waals surface area (Å²) < 4.78 is 5.80. The maximum Gasteiger partial charge on any atom is 0.318 e. The molecule has 4 atom stereocenters. The van der Waals surface area contributed by atoms with Gasteiger partial charge >= 0.3 is 5.97 Å². The van der Waals surface area contributed by atoms with Crippen LogP contribution in [0.2, 0.25) is 0 Å². The van der Waals surface area contributed by atoms with Gasteiger partial charge < -0.3 is 15.6 Å². The minimum atomic E-state index is -0.746. The predicted molar refractivity (Wildman–Crippen MR) is 124 cm³/mol. The number of aryl methyl sites for hydroxylation is 1. The van der Waals surface area contributed by atoms with Gasteiger partial charge in [-0.25, -0.2) is 0 Å². The molecule has 2 aromatic carbocycles. The molecule has 0 saturated carbocycles. The van der Waals surface area contributed by atoms with Gasteiger partial charge in [0.1, 0.15) is 11.0 Å². The molecule has 0 radical (unpaired) electrons. The SMILES string of the molecule is Cc1cc(OCCCCN)ccc1-c1ccc(CC2SC(C(=O)O)C2NP)cc1. The number of ether oxygens (including phenoxy) is 1. The van der Waals surface area contributed by atoms with Crippen LogP contribution in [0.1, 0.15) is 24.0 Å². The van der Waals surface area contributed by atoms with Crippen molar-refractivity contribution in [3.63, 3.8) is 0 Å². The van der Waals surface area contributed by atoms with Crippen LogP contribution in [0.25, 0.3) is 11.1 Å². The highest BCUT2D eigenvalue weighted by atomic mass is 32.2. The lowest BCUT2D eigenvalue weighted by atomic mass is 9.96. The molecule has 5 nitrogen and oxygen atoms in total. The van der Waals surface area contributed by atoms with Gasteiger partial charge in [0.2, 0.25) is 0 Å². The third kappa shape index (κ3) is 5.52. The number of hydrogen-bond acceptors (Lipinski definition) is 5. The van der Waals surface area contributed by atoms with E-state index in [1.807, 2.05) is 6.07 Å². The highest BCUT2D eigenvalue weighted by Gasteiger charge is 2.45. The zero-order chi connectivity index (χ0) is 20.8. The van der Waals surface area contributed by atoms with E-state index in [0.29, 0.717) is 13.2 Å². The van der Waals surface area contributed by atoms with Crippen LogP contribution < -0.4 is 15.6 Å². The van der Waals surface area contributed by atoms with Gasteiger partial charge in [-0.3, -0.25) is 9.88 Å². The van der Waals surface area contributed by atoms with Crippen molar-refractivity contribution in [3.05, 3.63) is 53.6 Å². The van der Waals surface area contributed by atoms with E-state index in [1.165, 1.54) is 34.0 Å². The Balaban J connectivity index is 1.61. The first-order valence-corrected chi connectivity index (χ1v) is 11.4. The summed E-state index contributed by atoms with van der Waals surface area (Å²) in [4.78, 5) is 11.2. The highest BCUT2D eigenvalue weighted by Crippen LogP contribution is 2.40. The number of thioether (sulfide) groups is 1. The summed E-state index contributed by atoms with van der Waals surface area (Å²) in [5.41, 5.74) is 10.3. The van der Waals surface area contributed by atoms with Crippen LogP contribution in [0.5, 0.6) is 5.75 Å². The number of benzene rings is 2. The van der Waals surface area contributed by atoms with Crippen LogP contribution in [0.3, 0.4) is 0 Å². The number of carboxylic acids is 1. The molecule has 1 heterocycles. The maximum atomic E-state index is 11.2. The molecule has 0 bridgehead atoms. The Kier molecular flexibility index (Phi) is 7.96. The number of hydrogen-bond donors (Lipinski definition) is 3.